The minimum absolute atomic E-state index is 0.0371. The second-order valence-corrected chi connectivity index (χ2v) is 6.15. The van der Waals surface area contributed by atoms with Gasteiger partial charge in [-0.25, -0.2) is 4.98 Å². The molecule has 0 aromatic carbocycles. The lowest BCUT2D eigenvalue weighted by Crippen LogP contribution is -2.12. The largest absolute Gasteiger partial charge is 0.444 e. The molecule has 0 spiro atoms. The summed E-state index contributed by atoms with van der Waals surface area (Å²) in [7, 11) is 0. The van der Waals surface area contributed by atoms with Gasteiger partial charge in [0.1, 0.15) is 5.76 Å². The highest BCUT2D eigenvalue weighted by Crippen LogP contribution is 2.24. The Kier molecular flexibility index (Phi) is 4.22. The molecule has 0 aliphatic carbocycles. The number of oxazole rings is 1. The van der Waals surface area contributed by atoms with Crippen molar-refractivity contribution in [3.63, 3.8) is 0 Å². The van der Waals surface area contributed by atoms with E-state index in [-0.39, 0.29) is 5.41 Å². The van der Waals surface area contributed by atoms with Gasteiger partial charge in [-0.2, -0.15) is 0 Å². The lowest BCUT2D eigenvalue weighted by atomic mass is 9.94. The van der Waals surface area contributed by atoms with Crippen molar-refractivity contribution in [2.75, 3.05) is 6.54 Å². The van der Waals surface area contributed by atoms with Crippen LogP contribution in [0.15, 0.2) is 10.6 Å². The molecule has 1 aromatic heterocycles. The summed E-state index contributed by atoms with van der Waals surface area (Å²) in [6, 6.07) is 0. The molecule has 1 unspecified atom stereocenters. The molecular formula is C11H20N2OS. The number of nitrogens with zero attached hydrogens (tertiary/aromatic N) is 1. The first-order valence-electron chi connectivity index (χ1n) is 5.20. The van der Waals surface area contributed by atoms with Crippen LogP contribution in [0.4, 0.5) is 0 Å². The number of hydrogen-bond acceptors (Lipinski definition) is 4. The van der Waals surface area contributed by atoms with Crippen molar-refractivity contribution >= 4 is 11.8 Å². The summed E-state index contributed by atoms with van der Waals surface area (Å²) in [4.78, 5) is 4.26. The molecule has 0 fully saturated rings. The molecule has 0 radical (unpaired) electrons. The fraction of sp³-hybridized carbons (Fsp3) is 0.727. The van der Waals surface area contributed by atoms with Crippen LogP contribution in [0.5, 0.6) is 0 Å². The average molecular weight is 228 g/mol. The van der Waals surface area contributed by atoms with Gasteiger partial charge in [-0.05, 0) is 0 Å². The van der Waals surface area contributed by atoms with Gasteiger partial charge >= 0.3 is 0 Å². The van der Waals surface area contributed by atoms with Crippen LogP contribution in [-0.4, -0.2) is 16.8 Å². The Balaban J connectivity index is 2.54. The zero-order valence-corrected chi connectivity index (χ0v) is 10.7. The Morgan fingerprint density at radius 3 is 2.67 bits per heavy atom. The third-order valence-electron chi connectivity index (χ3n) is 2.12. The van der Waals surface area contributed by atoms with Gasteiger partial charge in [0, 0.05) is 17.2 Å². The van der Waals surface area contributed by atoms with Crippen LogP contribution >= 0.6 is 11.8 Å². The molecule has 4 heteroatoms. The van der Waals surface area contributed by atoms with Crippen molar-refractivity contribution < 1.29 is 4.42 Å². The summed E-state index contributed by atoms with van der Waals surface area (Å²) in [6.07, 6.45) is 1.82. The van der Waals surface area contributed by atoms with E-state index >= 15 is 0 Å². The van der Waals surface area contributed by atoms with Gasteiger partial charge in [-0.1, -0.05) is 27.7 Å². The maximum absolute atomic E-state index is 5.67. The number of hydrogen-bond donors (Lipinski definition) is 1. The van der Waals surface area contributed by atoms with Gasteiger partial charge in [0.15, 0.2) is 0 Å². The summed E-state index contributed by atoms with van der Waals surface area (Å²) in [6.45, 7) is 9.16. The monoisotopic (exact) mass is 228 g/mol. The van der Waals surface area contributed by atoms with E-state index in [1.807, 2.05) is 6.20 Å². The van der Waals surface area contributed by atoms with Gasteiger partial charge in [0.05, 0.1) is 11.9 Å². The van der Waals surface area contributed by atoms with E-state index in [4.69, 9.17) is 10.2 Å². The molecule has 1 rings (SSSR count). The van der Waals surface area contributed by atoms with E-state index in [0.29, 0.717) is 11.8 Å². The first-order valence-corrected chi connectivity index (χ1v) is 6.25. The highest BCUT2D eigenvalue weighted by atomic mass is 32.2. The normalized spacial score (nSPS) is 14.2. The number of aromatic nitrogens is 1. The van der Waals surface area contributed by atoms with Crippen LogP contribution in [0.2, 0.25) is 0 Å². The molecule has 0 aliphatic rings. The van der Waals surface area contributed by atoms with Crippen LogP contribution in [-0.2, 0) is 11.2 Å². The van der Waals surface area contributed by atoms with Crippen molar-refractivity contribution in [3.8, 4) is 0 Å². The topological polar surface area (TPSA) is 52.0 Å². The highest BCUT2D eigenvalue weighted by molar-refractivity contribution is 7.99. The van der Waals surface area contributed by atoms with Gasteiger partial charge in [0.2, 0.25) is 5.89 Å². The molecule has 1 atom stereocenters. The molecule has 0 bridgehead atoms. The standard InChI is InChI=1S/C11H20N2OS/c1-8(5-12)15-7-10-13-6-9(14-10)11(2,3)4/h6,8H,5,7,12H2,1-4H3. The van der Waals surface area contributed by atoms with E-state index in [9.17, 15) is 0 Å². The third kappa shape index (κ3) is 3.87. The van der Waals surface area contributed by atoms with Crippen LogP contribution < -0.4 is 5.73 Å². The predicted octanol–water partition coefficient (Wildman–Crippen LogP) is 2.55. The smallest absolute Gasteiger partial charge is 0.204 e. The average Bonchev–Trinajstić information content (AvgIpc) is 2.61. The Labute approximate surface area is 95.8 Å². The minimum atomic E-state index is 0.0371. The van der Waals surface area contributed by atoms with E-state index in [0.717, 1.165) is 17.4 Å². The second kappa shape index (κ2) is 5.03. The second-order valence-electron chi connectivity index (χ2n) is 4.73. The molecule has 3 nitrogen and oxygen atoms in total. The van der Waals surface area contributed by atoms with E-state index in [2.05, 4.69) is 32.7 Å². The van der Waals surface area contributed by atoms with Crippen molar-refractivity contribution in [1.29, 1.82) is 0 Å². The van der Waals surface area contributed by atoms with E-state index < -0.39 is 0 Å². The molecule has 2 N–H and O–H groups in total. The molecule has 15 heavy (non-hydrogen) atoms. The minimum Gasteiger partial charge on any atom is -0.444 e. The van der Waals surface area contributed by atoms with Crippen molar-refractivity contribution in [2.45, 2.75) is 44.1 Å². The molecular weight excluding hydrogens is 208 g/mol. The summed E-state index contributed by atoms with van der Waals surface area (Å²) in [5.74, 6) is 2.54. The van der Waals surface area contributed by atoms with Gasteiger partial charge in [-0.3, -0.25) is 0 Å². The van der Waals surface area contributed by atoms with Crippen LogP contribution in [0.1, 0.15) is 39.3 Å². The van der Waals surface area contributed by atoms with Gasteiger partial charge in [-0.15, -0.1) is 11.8 Å². The molecule has 0 saturated carbocycles. The number of nitrogens with two attached hydrogens (primary N) is 1. The predicted molar refractivity (Wildman–Crippen MR) is 65.0 cm³/mol. The Hall–Kier alpha value is -0.480. The molecule has 1 heterocycles. The summed E-state index contributed by atoms with van der Waals surface area (Å²) in [5.41, 5.74) is 5.58. The zero-order valence-electron chi connectivity index (χ0n) is 9.91. The summed E-state index contributed by atoms with van der Waals surface area (Å²) in [5, 5.41) is 0.454. The van der Waals surface area contributed by atoms with Crippen molar-refractivity contribution in [2.24, 2.45) is 5.73 Å². The molecule has 86 valence electrons. The van der Waals surface area contributed by atoms with E-state index in [1.165, 1.54) is 0 Å². The quantitative estimate of drug-likeness (QED) is 0.860. The summed E-state index contributed by atoms with van der Waals surface area (Å²) >= 11 is 1.77. The van der Waals surface area contributed by atoms with Crippen molar-refractivity contribution in [1.82, 2.24) is 4.98 Å². The zero-order chi connectivity index (χ0) is 11.5. The Morgan fingerprint density at radius 1 is 1.53 bits per heavy atom. The fourth-order valence-electron chi connectivity index (χ4n) is 1.01. The summed E-state index contributed by atoms with van der Waals surface area (Å²) < 4.78 is 5.67. The maximum atomic E-state index is 5.67. The molecule has 1 aromatic rings. The van der Waals surface area contributed by atoms with Crippen LogP contribution in [0, 0.1) is 0 Å². The molecule has 0 saturated heterocycles. The number of thioether (sulfide) groups is 1. The van der Waals surface area contributed by atoms with E-state index in [1.54, 1.807) is 11.8 Å². The third-order valence-corrected chi connectivity index (χ3v) is 3.29. The van der Waals surface area contributed by atoms with Crippen LogP contribution in [0.25, 0.3) is 0 Å². The van der Waals surface area contributed by atoms with Gasteiger partial charge < -0.3 is 10.2 Å². The SMILES string of the molecule is CC(CN)SCc1ncc(C(C)(C)C)o1. The fourth-order valence-corrected chi connectivity index (χ4v) is 1.70. The molecule has 0 amide bonds. The Bertz CT molecular complexity index is 304. The molecule has 0 aliphatic heterocycles. The first-order chi connectivity index (χ1) is 6.93. The van der Waals surface area contributed by atoms with Crippen molar-refractivity contribution in [3.05, 3.63) is 17.8 Å². The number of rotatable bonds is 4. The highest BCUT2D eigenvalue weighted by Gasteiger charge is 2.19. The first kappa shape index (κ1) is 12.6. The lowest BCUT2D eigenvalue weighted by molar-refractivity contribution is 0.390. The lowest BCUT2D eigenvalue weighted by Gasteiger charge is -2.13. The van der Waals surface area contributed by atoms with Crippen LogP contribution in [0.3, 0.4) is 0 Å². The Morgan fingerprint density at radius 2 is 2.20 bits per heavy atom. The van der Waals surface area contributed by atoms with Gasteiger partial charge in [0.25, 0.3) is 0 Å². The maximum Gasteiger partial charge on any atom is 0.204 e.